The van der Waals surface area contributed by atoms with E-state index in [1.165, 1.54) is 6.42 Å². The molecule has 0 aliphatic carbocycles. The fraction of sp³-hybridized carbons (Fsp3) is 0.647. The van der Waals surface area contributed by atoms with Crippen molar-refractivity contribution in [2.45, 2.75) is 46.2 Å². The van der Waals surface area contributed by atoms with Crippen molar-refractivity contribution in [3.8, 4) is 11.5 Å². The highest BCUT2D eigenvalue weighted by atomic mass is 16.5. The number of nitrogens with one attached hydrogen (secondary N) is 1. The van der Waals surface area contributed by atoms with Gasteiger partial charge in [0.25, 0.3) is 0 Å². The molecule has 21 heavy (non-hydrogen) atoms. The minimum atomic E-state index is 0.524. The minimum absolute atomic E-state index is 0.524. The van der Waals surface area contributed by atoms with Crippen LogP contribution in [-0.4, -0.2) is 38.4 Å². The van der Waals surface area contributed by atoms with Crippen LogP contribution in [0.3, 0.4) is 0 Å². The Morgan fingerprint density at radius 3 is 2.67 bits per heavy atom. The standard InChI is InChI=1S/C17H28N2O2/c1-5-20-15-7-8-17(21-6-2)16(11-15)19-10-9-14(12-19)18-13(3)4/h7-8,11,13-14,18H,5-6,9-10,12H2,1-4H3. The molecule has 1 aliphatic heterocycles. The van der Waals surface area contributed by atoms with Gasteiger partial charge in [-0.2, -0.15) is 0 Å². The van der Waals surface area contributed by atoms with Gasteiger partial charge in [0.15, 0.2) is 0 Å². The predicted octanol–water partition coefficient (Wildman–Crippen LogP) is 3.06. The molecule has 1 fully saturated rings. The monoisotopic (exact) mass is 292 g/mol. The van der Waals surface area contributed by atoms with E-state index >= 15 is 0 Å². The molecule has 1 N–H and O–H groups in total. The number of anilines is 1. The molecule has 0 bridgehead atoms. The molecule has 0 saturated carbocycles. The third-order valence-corrected chi connectivity index (χ3v) is 3.64. The summed E-state index contributed by atoms with van der Waals surface area (Å²) in [5.41, 5.74) is 1.15. The normalized spacial score (nSPS) is 18.3. The van der Waals surface area contributed by atoms with Crippen LogP contribution in [-0.2, 0) is 0 Å². The highest BCUT2D eigenvalue weighted by Crippen LogP contribution is 2.34. The zero-order chi connectivity index (χ0) is 15.2. The first-order valence-corrected chi connectivity index (χ1v) is 8.04. The molecule has 4 nitrogen and oxygen atoms in total. The van der Waals surface area contributed by atoms with Crippen molar-refractivity contribution in [2.75, 3.05) is 31.2 Å². The zero-order valence-electron chi connectivity index (χ0n) is 13.7. The third kappa shape index (κ3) is 4.27. The number of hydrogen-bond acceptors (Lipinski definition) is 4. The maximum Gasteiger partial charge on any atom is 0.142 e. The van der Waals surface area contributed by atoms with E-state index in [1.807, 2.05) is 26.0 Å². The Balaban J connectivity index is 2.14. The average molecular weight is 292 g/mol. The third-order valence-electron chi connectivity index (χ3n) is 3.64. The quantitative estimate of drug-likeness (QED) is 0.837. The van der Waals surface area contributed by atoms with Crippen LogP contribution < -0.4 is 19.7 Å². The summed E-state index contributed by atoms with van der Waals surface area (Å²) in [6.07, 6.45) is 1.17. The first kappa shape index (κ1) is 16.0. The largest absolute Gasteiger partial charge is 0.494 e. The molecule has 1 saturated heterocycles. The minimum Gasteiger partial charge on any atom is -0.494 e. The Morgan fingerprint density at radius 1 is 1.24 bits per heavy atom. The number of nitrogens with zero attached hydrogens (tertiary/aromatic N) is 1. The van der Waals surface area contributed by atoms with Gasteiger partial charge in [0.1, 0.15) is 11.5 Å². The van der Waals surface area contributed by atoms with Gasteiger partial charge < -0.3 is 19.7 Å². The van der Waals surface area contributed by atoms with Crippen molar-refractivity contribution in [3.05, 3.63) is 18.2 Å². The lowest BCUT2D eigenvalue weighted by Crippen LogP contribution is -2.37. The van der Waals surface area contributed by atoms with Crippen molar-refractivity contribution in [1.29, 1.82) is 0 Å². The van der Waals surface area contributed by atoms with Crippen molar-refractivity contribution in [3.63, 3.8) is 0 Å². The molecule has 0 amide bonds. The van der Waals surface area contributed by atoms with Gasteiger partial charge in [0.05, 0.1) is 18.9 Å². The maximum absolute atomic E-state index is 5.78. The lowest BCUT2D eigenvalue weighted by atomic mass is 10.2. The van der Waals surface area contributed by atoms with Gasteiger partial charge in [-0.25, -0.2) is 0 Å². The summed E-state index contributed by atoms with van der Waals surface area (Å²) < 4.78 is 11.4. The molecule has 0 aromatic heterocycles. The molecule has 1 unspecified atom stereocenters. The Kier molecular flexibility index (Phi) is 5.74. The Labute approximate surface area is 128 Å². The fourth-order valence-corrected chi connectivity index (χ4v) is 2.86. The van der Waals surface area contributed by atoms with Crippen LogP contribution in [0, 0.1) is 0 Å². The van der Waals surface area contributed by atoms with Crippen molar-refractivity contribution < 1.29 is 9.47 Å². The first-order valence-electron chi connectivity index (χ1n) is 8.04. The van der Waals surface area contributed by atoms with Crippen molar-refractivity contribution in [1.82, 2.24) is 5.32 Å². The van der Waals surface area contributed by atoms with Crippen LogP contribution in [0.15, 0.2) is 18.2 Å². The van der Waals surface area contributed by atoms with Crippen molar-refractivity contribution >= 4 is 5.69 Å². The summed E-state index contributed by atoms with van der Waals surface area (Å²) in [6, 6.07) is 7.18. The van der Waals surface area contributed by atoms with Gasteiger partial charge in [0, 0.05) is 31.2 Å². The second kappa shape index (κ2) is 7.55. The molecule has 1 aliphatic rings. The van der Waals surface area contributed by atoms with E-state index in [9.17, 15) is 0 Å². The lowest BCUT2D eigenvalue weighted by molar-refractivity contribution is 0.331. The lowest BCUT2D eigenvalue weighted by Gasteiger charge is -2.23. The predicted molar refractivity (Wildman–Crippen MR) is 87.7 cm³/mol. The Morgan fingerprint density at radius 2 is 2.00 bits per heavy atom. The molecule has 1 aromatic rings. The highest BCUT2D eigenvalue weighted by Gasteiger charge is 2.25. The Hall–Kier alpha value is -1.42. The van der Waals surface area contributed by atoms with Gasteiger partial charge in [-0.05, 0) is 32.4 Å². The van der Waals surface area contributed by atoms with E-state index in [1.54, 1.807) is 0 Å². The molecule has 0 spiro atoms. The second-order valence-electron chi connectivity index (χ2n) is 5.75. The second-order valence-corrected chi connectivity index (χ2v) is 5.75. The fourth-order valence-electron chi connectivity index (χ4n) is 2.86. The van der Waals surface area contributed by atoms with E-state index in [2.05, 4.69) is 30.1 Å². The summed E-state index contributed by atoms with van der Waals surface area (Å²) in [5.74, 6) is 1.86. The molecule has 118 valence electrons. The van der Waals surface area contributed by atoms with E-state index in [4.69, 9.17) is 9.47 Å². The average Bonchev–Trinajstić information content (AvgIpc) is 2.88. The smallest absolute Gasteiger partial charge is 0.142 e. The molecule has 2 rings (SSSR count). The summed E-state index contributed by atoms with van der Waals surface area (Å²) in [5, 5.41) is 3.62. The summed E-state index contributed by atoms with van der Waals surface area (Å²) in [7, 11) is 0. The van der Waals surface area contributed by atoms with Crippen LogP contribution in [0.2, 0.25) is 0 Å². The van der Waals surface area contributed by atoms with Crippen LogP contribution >= 0.6 is 0 Å². The van der Waals surface area contributed by atoms with Crippen LogP contribution in [0.5, 0.6) is 11.5 Å². The molecule has 0 radical (unpaired) electrons. The molecular weight excluding hydrogens is 264 g/mol. The number of rotatable bonds is 7. The summed E-state index contributed by atoms with van der Waals surface area (Å²) in [6.45, 7) is 11.9. The maximum atomic E-state index is 5.78. The zero-order valence-corrected chi connectivity index (χ0v) is 13.7. The van der Waals surface area contributed by atoms with Gasteiger partial charge in [-0.1, -0.05) is 13.8 Å². The number of ether oxygens (including phenoxy) is 2. The van der Waals surface area contributed by atoms with E-state index in [-0.39, 0.29) is 0 Å². The first-order chi connectivity index (χ1) is 10.1. The number of benzene rings is 1. The van der Waals surface area contributed by atoms with Crippen LogP contribution in [0.1, 0.15) is 34.1 Å². The van der Waals surface area contributed by atoms with E-state index < -0.39 is 0 Å². The SMILES string of the molecule is CCOc1ccc(OCC)c(N2CCC(NC(C)C)C2)c1. The van der Waals surface area contributed by atoms with E-state index in [0.29, 0.717) is 25.3 Å². The number of hydrogen-bond donors (Lipinski definition) is 1. The summed E-state index contributed by atoms with van der Waals surface area (Å²) in [4.78, 5) is 2.40. The molecule has 1 aromatic carbocycles. The summed E-state index contributed by atoms with van der Waals surface area (Å²) >= 11 is 0. The van der Waals surface area contributed by atoms with Gasteiger partial charge >= 0.3 is 0 Å². The van der Waals surface area contributed by atoms with Gasteiger partial charge in [-0.3, -0.25) is 0 Å². The molecule has 1 atom stereocenters. The topological polar surface area (TPSA) is 33.7 Å². The highest BCUT2D eigenvalue weighted by molar-refractivity contribution is 5.62. The van der Waals surface area contributed by atoms with Crippen LogP contribution in [0.25, 0.3) is 0 Å². The van der Waals surface area contributed by atoms with E-state index in [0.717, 1.165) is 30.3 Å². The van der Waals surface area contributed by atoms with Gasteiger partial charge in [0.2, 0.25) is 0 Å². The molecule has 4 heteroatoms. The van der Waals surface area contributed by atoms with Crippen molar-refractivity contribution in [2.24, 2.45) is 0 Å². The van der Waals surface area contributed by atoms with Gasteiger partial charge in [-0.15, -0.1) is 0 Å². The Bertz CT molecular complexity index is 448. The molecule has 1 heterocycles. The molecular formula is C17H28N2O2. The van der Waals surface area contributed by atoms with Crippen LogP contribution in [0.4, 0.5) is 5.69 Å².